The van der Waals surface area contributed by atoms with Crippen LogP contribution in [0.3, 0.4) is 0 Å². The van der Waals surface area contributed by atoms with Crippen molar-refractivity contribution >= 4 is 32.5 Å². The summed E-state index contributed by atoms with van der Waals surface area (Å²) in [6, 6.07) is 6.07. The second-order valence-electron chi connectivity index (χ2n) is 5.79. The lowest BCUT2D eigenvalue weighted by molar-refractivity contribution is 0.487. The van der Waals surface area contributed by atoms with E-state index in [-0.39, 0.29) is 5.92 Å². The smallest absolute Gasteiger partial charge is 0.150 e. The second-order valence-corrected chi connectivity index (χ2v) is 8.40. The molecule has 0 saturated carbocycles. The van der Waals surface area contributed by atoms with Gasteiger partial charge in [-0.15, -0.1) is 11.6 Å². The molecule has 21 heavy (non-hydrogen) atoms. The number of halogens is 1. The van der Waals surface area contributed by atoms with Gasteiger partial charge in [-0.05, 0) is 30.9 Å². The van der Waals surface area contributed by atoms with Gasteiger partial charge in [0.1, 0.15) is 5.82 Å². The molecule has 0 amide bonds. The fourth-order valence-electron chi connectivity index (χ4n) is 3.16. The minimum absolute atomic E-state index is 0.182. The Morgan fingerprint density at radius 2 is 2.24 bits per heavy atom. The average molecular weight is 327 g/mol. The van der Waals surface area contributed by atoms with Crippen molar-refractivity contribution in [3.05, 3.63) is 29.6 Å². The van der Waals surface area contributed by atoms with E-state index in [0.717, 1.165) is 23.3 Å². The molecule has 1 aliphatic rings. The SMILES string of the molecule is Cc1cccc2nc(CCCl)n(CC3CCS(=O)(=O)C3)c12. The molecule has 2 heterocycles. The van der Waals surface area contributed by atoms with E-state index in [1.807, 2.05) is 12.1 Å². The fourth-order valence-corrected chi connectivity index (χ4v) is 5.18. The predicted molar refractivity (Wildman–Crippen MR) is 85.7 cm³/mol. The molecule has 0 radical (unpaired) electrons. The molecule has 1 aliphatic heterocycles. The predicted octanol–water partition coefficient (Wildman–Crippen LogP) is 2.56. The van der Waals surface area contributed by atoms with Crippen molar-refractivity contribution in [3.63, 3.8) is 0 Å². The Hall–Kier alpha value is -1.07. The molecule has 1 unspecified atom stereocenters. The number of hydrogen-bond acceptors (Lipinski definition) is 3. The maximum Gasteiger partial charge on any atom is 0.150 e. The van der Waals surface area contributed by atoms with E-state index in [9.17, 15) is 8.42 Å². The number of hydrogen-bond donors (Lipinski definition) is 0. The molecule has 0 spiro atoms. The number of aryl methyl sites for hydroxylation is 2. The van der Waals surface area contributed by atoms with Gasteiger partial charge in [0.05, 0.1) is 22.5 Å². The fraction of sp³-hybridized carbons (Fsp3) is 0.533. The van der Waals surface area contributed by atoms with E-state index in [1.165, 1.54) is 5.56 Å². The number of benzene rings is 1. The van der Waals surface area contributed by atoms with Gasteiger partial charge in [0.2, 0.25) is 0 Å². The van der Waals surface area contributed by atoms with Gasteiger partial charge >= 0.3 is 0 Å². The van der Waals surface area contributed by atoms with Crippen LogP contribution in [-0.2, 0) is 22.8 Å². The number of aromatic nitrogens is 2. The summed E-state index contributed by atoms with van der Waals surface area (Å²) >= 11 is 5.89. The lowest BCUT2D eigenvalue weighted by Gasteiger charge is -2.14. The van der Waals surface area contributed by atoms with Crippen LogP contribution >= 0.6 is 11.6 Å². The molecule has 1 saturated heterocycles. The highest BCUT2D eigenvalue weighted by Crippen LogP contribution is 2.26. The third-order valence-electron chi connectivity index (χ3n) is 4.13. The van der Waals surface area contributed by atoms with Crippen molar-refractivity contribution in [2.24, 2.45) is 5.92 Å². The highest BCUT2D eigenvalue weighted by molar-refractivity contribution is 7.91. The zero-order valence-corrected chi connectivity index (χ0v) is 13.6. The van der Waals surface area contributed by atoms with Gasteiger partial charge in [-0.2, -0.15) is 0 Å². The number of imidazole rings is 1. The first-order valence-corrected chi connectivity index (χ1v) is 9.57. The van der Waals surface area contributed by atoms with Crippen LogP contribution < -0.4 is 0 Å². The Kier molecular flexibility index (Phi) is 3.97. The lowest BCUT2D eigenvalue weighted by Crippen LogP contribution is -2.15. The largest absolute Gasteiger partial charge is 0.327 e. The first-order chi connectivity index (χ1) is 10.00. The Labute approximate surface area is 130 Å². The minimum atomic E-state index is -2.85. The van der Waals surface area contributed by atoms with Crippen molar-refractivity contribution < 1.29 is 8.42 Å². The van der Waals surface area contributed by atoms with Gasteiger partial charge in [-0.25, -0.2) is 13.4 Å². The summed E-state index contributed by atoms with van der Waals surface area (Å²) in [5.74, 6) is 2.26. The van der Waals surface area contributed by atoms with E-state index in [0.29, 0.717) is 30.4 Å². The lowest BCUT2D eigenvalue weighted by atomic mass is 10.1. The molecule has 1 fully saturated rings. The van der Waals surface area contributed by atoms with Crippen molar-refractivity contribution in [1.29, 1.82) is 0 Å². The molecular weight excluding hydrogens is 308 g/mol. The van der Waals surface area contributed by atoms with E-state index in [2.05, 4.69) is 22.5 Å². The molecule has 1 atom stereocenters. The standard InChI is InChI=1S/C15H19ClN2O2S/c1-11-3-2-4-13-15(11)18(14(17-13)5-7-16)9-12-6-8-21(19,20)10-12/h2-4,12H,5-10H2,1H3. The van der Waals surface area contributed by atoms with Crippen molar-refractivity contribution in [2.75, 3.05) is 17.4 Å². The Morgan fingerprint density at radius 1 is 1.43 bits per heavy atom. The van der Waals surface area contributed by atoms with Crippen LogP contribution in [0.1, 0.15) is 17.8 Å². The van der Waals surface area contributed by atoms with Gasteiger partial charge in [-0.1, -0.05) is 12.1 Å². The Bertz CT molecular complexity index is 767. The number of rotatable bonds is 4. The molecule has 3 rings (SSSR count). The summed E-state index contributed by atoms with van der Waals surface area (Å²) in [5, 5.41) is 0. The summed E-state index contributed by atoms with van der Waals surface area (Å²) in [4.78, 5) is 4.67. The second kappa shape index (κ2) is 5.61. The van der Waals surface area contributed by atoms with Crippen LogP contribution in [0.25, 0.3) is 11.0 Å². The zero-order chi connectivity index (χ0) is 15.0. The monoisotopic (exact) mass is 326 g/mol. The van der Waals surface area contributed by atoms with E-state index < -0.39 is 9.84 Å². The van der Waals surface area contributed by atoms with E-state index in [1.54, 1.807) is 0 Å². The van der Waals surface area contributed by atoms with Crippen LogP contribution in [0, 0.1) is 12.8 Å². The third kappa shape index (κ3) is 2.94. The molecule has 0 aliphatic carbocycles. The molecule has 0 N–H and O–H groups in total. The number of alkyl halides is 1. The molecular formula is C15H19ClN2O2S. The maximum absolute atomic E-state index is 11.7. The highest BCUT2D eigenvalue weighted by Gasteiger charge is 2.29. The number of sulfone groups is 1. The van der Waals surface area contributed by atoms with Crippen LogP contribution in [0.2, 0.25) is 0 Å². The Balaban J connectivity index is 2.01. The van der Waals surface area contributed by atoms with Crippen LogP contribution in [0.5, 0.6) is 0 Å². The van der Waals surface area contributed by atoms with Crippen molar-refractivity contribution in [2.45, 2.75) is 26.3 Å². The number of para-hydroxylation sites is 1. The molecule has 114 valence electrons. The first kappa shape index (κ1) is 14.9. The molecule has 4 nitrogen and oxygen atoms in total. The quantitative estimate of drug-likeness (QED) is 0.811. The summed E-state index contributed by atoms with van der Waals surface area (Å²) in [7, 11) is -2.85. The van der Waals surface area contributed by atoms with Crippen LogP contribution in [-0.4, -0.2) is 35.4 Å². The summed E-state index contributed by atoms with van der Waals surface area (Å²) in [5.41, 5.74) is 3.25. The maximum atomic E-state index is 11.7. The van der Waals surface area contributed by atoms with Gasteiger partial charge in [0.25, 0.3) is 0 Å². The van der Waals surface area contributed by atoms with Crippen LogP contribution in [0.4, 0.5) is 0 Å². The molecule has 1 aromatic heterocycles. The van der Waals surface area contributed by atoms with Crippen molar-refractivity contribution in [3.8, 4) is 0 Å². The first-order valence-electron chi connectivity index (χ1n) is 7.21. The average Bonchev–Trinajstić information content (AvgIpc) is 2.93. The highest BCUT2D eigenvalue weighted by atomic mass is 35.5. The zero-order valence-electron chi connectivity index (χ0n) is 12.0. The third-order valence-corrected chi connectivity index (χ3v) is 6.16. The summed E-state index contributed by atoms with van der Waals surface area (Å²) in [6.07, 6.45) is 1.45. The molecule has 6 heteroatoms. The molecule has 1 aromatic carbocycles. The number of fused-ring (bicyclic) bond motifs is 1. The van der Waals surface area contributed by atoms with Crippen molar-refractivity contribution in [1.82, 2.24) is 9.55 Å². The minimum Gasteiger partial charge on any atom is -0.327 e. The van der Waals surface area contributed by atoms with Gasteiger partial charge < -0.3 is 4.57 Å². The van der Waals surface area contributed by atoms with Gasteiger partial charge in [-0.3, -0.25) is 0 Å². The van der Waals surface area contributed by atoms with Gasteiger partial charge in [0.15, 0.2) is 9.84 Å². The molecule has 0 bridgehead atoms. The van der Waals surface area contributed by atoms with E-state index in [4.69, 9.17) is 11.6 Å². The van der Waals surface area contributed by atoms with Crippen LogP contribution in [0.15, 0.2) is 18.2 Å². The normalized spacial score (nSPS) is 21.1. The molecule has 2 aromatic rings. The summed E-state index contributed by atoms with van der Waals surface area (Å²) < 4.78 is 25.5. The topological polar surface area (TPSA) is 52.0 Å². The van der Waals surface area contributed by atoms with Gasteiger partial charge in [0, 0.05) is 18.8 Å². The number of nitrogens with zero attached hydrogens (tertiary/aromatic N) is 2. The van der Waals surface area contributed by atoms with E-state index >= 15 is 0 Å². The Morgan fingerprint density at radius 3 is 2.90 bits per heavy atom. The summed E-state index contributed by atoms with van der Waals surface area (Å²) in [6.45, 7) is 2.78.